The van der Waals surface area contributed by atoms with Gasteiger partial charge in [-0.15, -0.1) is 0 Å². The fourth-order valence-corrected chi connectivity index (χ4v) is 2.72. The van der Waals surface area contributed by atoms with E-state index in [1.807, 2.05) is 6.92 Å². The fourth-order valence-electron chi connectivity index (χ4n) is 2.52. The van der Waals surface area contributed by atoms with Gasteiger partial charge < -0.3 is 10.1 Å². The standard InChI is InChI=1S/C17H27ClFNO/c1-5-10-20-16(17(4,6-2)21-7-3)12-13-11-14(19)8-9-15(13)18/h8-9,11,16,20H,5-7,10,12H2,1-4H3. The van der Waals surface area contributed by atoms with Gasteiger partial charge in [0.25, 0.3) is 0 Å². The van der Waals surface area contributed by atoms with Crippen LogP contribution in [-0.4, -0.2) is 24.8 Å². The number of ether oxygens (including phenoxy) is 1. The summed E-state index contributed by atoms with van der Waals surface area (Å²) < 4.78 is 19.4. The molecule has 2 unspecified atom stereocenters. The van der Waals surface area contributed by atoms with Gasteiger partial charge in [0.2, 0.25) is 0 Å². The second kappa shape index (κ2) is 8.72. The van der Waals surface area contributed by atoms with Crippen LogP contribution in [0.5, 0.6) is 0 Å². The quantitative estimate of drug-likeness (QED) is 0.719. The second-order valence-corrected chi connectivity index (χ2v) is 5.95. The highest BCUT2D eigenvalue weighted by molar-refractivity contribution is 6.31. The van der Waals surface area contributed by atoms with Gasteiger partial charge in [-0.2, -0.15) is 0 Å². The van der Waals surface area contributed by atoms with Crippen LogP contribution in [0.2, 0.25) is 5.02 Å². The zero-order valence-electron chi connectivity index (χ0n) is 13.5. The molecule has 120 valence electrons. The molecular weight excluding hydrogens is 289 g/mol. The molecule has 0 amide bonds. The van der Waals surface area contributed by atoms with Gasteiger partial charge in [-0.05, 0) is 63.4 Å². The average molecular weight is 316 g/mol. The zero-order chi connectivity index (χ0) is 15.9. The van der Waals surface area contributed by atoms with Gasteiger partial charge in [-0.1, -0.05) is 25.4 Å². The first-order valence-electron chi connectivity index (χ1n) is 7.78. The summed E-state index contributed by atoms with van der Waals surface area (Å²) >= 11 is 6.21. The minimum absolute atomic E-state index is 0.0988. The van der Waals surface area contributed by atoms with E-state index in [-0.39, 0.29) is 17.5 Å². The van der Waals surface area contributed by atoms with E-state index in [2.05, 4.69) is 26.1 Å². The number of rotatable bonds is 9. The van der Waals surface area contributed by atoms with E-state index < -0.39 is 0 Å². The molecule has 21 heavy (non-hydrogen) atoms. The van der Waals surface area contributed by atoms with E-state index in [9.17, 15) is 4.39 Å². The molecule has 0 aliphatic rings. The van der Waals surface area contributed by atoms with Gasteiger partial charge >= 0.3 is 0 Å². The van der Waals surface area contributed by atoms with Gasteiger partial charge in [0.1, 0.15) is 5.82 Å². The summed E-state index contributed by atoms with van der Waals surface area (Å²) in [6.45, 7) is 9.91. The predicted molar refractivity (Wildman–Crippen MR) is 87.5 cm³/mol. The number of benzene rings is 1. The van der Waals surface area contributed by atoms with Crippen LogP contribution in [0, 0.1) is 5.82 Å². The maximum absolute atomic E-state index is 13.5. The number of hydrogen-bond donors (Lipinski definition) is 1. The fraction of sp³-hybridized carbons (Fsp3) is 0.647. The molecule has 0 heterocycles. The molecule has 0 radical (unpaired) electrons. The molecule has 0 aliphatic carbocycles. The van der Waals surface area contributed by atoms with Crippen LogP contribution < -0.4 is 5.32 Å². The van der Waals surface area contributed by atoms with E-state index in [4.69, 9.17) is 16.3 Å². The van der Waals surface area contributed by atoms with Gasteiger partial charge in [0.15, 0.2) is 0 Å². The largest absolute Gasteiger partial charge is 0.374 e. The summed E-state index contributed by atoms with van der Waals surface area (Å²) in [4.78, 5) is 0. The molecule has 0 fully saturated rings. The average Bonchev–Trinajstić information content (AvgIpc) is 2.47. The number of halogens is 2. The van der Waals surface area contributed by atoms with Crippen molar-refractivity contribution in [1.29, 1.82) is 0 Å². The first-order valence-corrected chi connectivity index (χ1v) is 8.15. The molecule has 0 spiro atoms. The van der Waals surface area contributed by atoms with Crippen molar-refractivity contribution in [1.82, 2.24) is 5.32 Å². The highest BCUT2D eigenvalue weighted by Crippen LogP contribution is 2.26. The van der Waals surface area contributed by atoms with E-state index in [0.29, 0.717) is 18.1 Å². The molecule has 0 aliphatic heterocycles. The highest BCUT2D eigenvalue weighted by atomic mass is 35.5. The topological polar surface area (TPSA) is 21.3 Å². The molecule has 0 aromatic heterocycles. The lowest BCUT2D eigenvalue weighted by Gasteiger charge is -2.38. The van der Waals surface area contributed by atoms with Gasteiger partial charge in [-0.3, -0.25) is 0 Å². The Bertz CT molecular complexity index is 441. The van der Waals surface area contributed by atoms with Gasteiger partial charge in [-0.25, -0.2) is 4.39 Å². The lowest BCUT2D eigenvalue weighted by molar-refractivity contribution is -0.0549. The first kappa shape index (κ1) is 18.4. The molecule has 0 saturated carbocycles. The van der Waals surface area contributed by atoms with Gasteiger partial charge in [0, 0.05) is 17.7 Å². The molecule has 2 atom stereocenters. The third-order valence-electron chi connectivity index (χ3n) is 3.99. The Balaban J connectivity index is 2.98. The normalized spacial score (nSPS) is 15.7. The van der Waals surface area contributed by atoms with Crippen LogP contribution in [0.1, 0.15) is 46.1 Å². The summed E-state index contributed by atoms with van der Waals surface area (Å²) in [5.41, 5.74) is 0.532. The Morgan fingerprint density at radius 3 is 2.62 bits per heavy atom. The smallest absolute Gasteiger partial charge is 0.123 e. The first-order chi connectivity index (χ1) is 9.96. The minimum atomic E-state index is -0.292. The maximum Gasteiger partial charge on any atom is 0.123 e. The summed E-state index contributed by atoms with van der Waals surface area (Å²) in [5.74, 6) is -0.252. The van der Waals surface area contributed by atoms with E-state index in [1.165, 1.54) is 12.1 Å². The Morgan fingerprint density at radius 2 is 2.05 bits per heavy atom. The molecule has 0 bridgehead atoms. The Kier molecular flexibility index (Phi) is 7.64. The van der Waals surface area contributed by atoms with Crippen LogP contribution in [0.4, 0.5) is 4.39 Å². The molecule has 1 rings (SSSR count). The summed E-state index contributed by atoms with van der Waals surface area (Å²) in [6, 6.07) is 4.63. The van der Waals surface area contributed by atoms with E-state index in [1.54, 1.807) is 6.07 Å². The Labute approximate surface area is 133 Å². The third-order valence-corrected chi connectivity index (χ3v) is 4.35. The lowest BCUT2D eigenvalue weighted by Crippen LogP contribution is -2.52. The van der Waals surface area contributed by atoms with E-state index in [0.717, 1.165) is 24.9 Å². The van der Waals surface area contributed by atoms with Crippen molar-refractivity contribution in [3.63, 3.8) is 0 Å². The second-order valence-electron chi connectivity index (χ2n) is 5.55. The third kappa shape index (κ3) is 5.24. The van der Waals surface area contributed by atoms with Crippen molar-refractivity contribution in [3.05, 3.63) is 34.6 Å². The monoisotopic (exact) mass is 315 g/mol. The molecule has 2 nitrogen and oxygen atoms in total. The van der Waals surface area contributed by atoms with Crippen molar-refractivity contribution in [2.75, 3.05) is 13.2 Å². The predicted octanol–water partition coefficient (Wildman–Crippen LogP) is 4.60. The molecule has 1 N–H and O–H groups in total. The Hall–Kier alpha value is -0.640. The Morgan fingerprint density at radius 1 is 1.33 bits per heavy atom. The summed E-state index contributed by atoms with van der Waals surface area (Å²) in [7, 11) is 0. The van der Waals surface area contributed by atoms with Crippen molar-refractivity contribution < 1.29 is 9.13 Å². The molecule has 1 aromatic rings. The van der Waals surface area contributed by atoms with Crippen LogP contribution in [0.3, 0.4) is 0 Å². The zero-order valence-corrected chi connectivity index (χ0v) is 14.3. The molecule has 1 aromatic carbocycles. The minimum Gasteiger partial charge on any atom is -0.374 e. The lowest BCUT2D eigenvalue weighted by atomic mass is 9.88. The molecule has 0 saturated heterocycles. The van der Waals surface area contributed by atoms with Gasteiger partial charge in [0.05, 0.1) is 5.60 Å². The van der Waals surface area contributed by atoms with Crippen molar-refractivity contribution in [3.8, 4) is 0 Å². The number of nitrogens with one attached hydrogen (secondary N) is 1. The maximum atomic E-state index is 13.5. The van der Waals surface area contributed by atoms with Crippen molar-refractivity contribution >= 4 is 11.6 Å². The SMILES string of the molecule is CCCNC(Cc1cc(F)ccc1Cl)C(C)(CC)OCC. The van der Waals surface area contributed by atoms with Crippen LogP contribution >= 0.6 is 11.6 Å². The summed E-state index contributed by atoms with van der Waals surface area (Å²) in [5, 5.41) is 4.14. The summed E-state index contributed by atoms with van der Waals surface area (Å²) in [6.07, 6.45) is 2.58. The van der Waals surface area contributed by atoms with Crippen molar-refractivity contribution in [2.24, 2.45) is 0 Å². The molecule has 4 heteroatoms. The van der Waals surface area contributed by atoms with Crippen LogP contribution in [0.25, 0.3) is 0 Å². The molecular formula is C17H27ClFNO. The van der Waals surface area contributed by atoms with E-state index >= 15 is 0 Å². The van der Waals surface area contributed by atoms with Crippen molar-refractivity contribution in [2.45, 2.75) is 58.6 Å². The highest BCUT2D eigenvalue weighted by Gasteiger charge is 2.33. The van der Waals surface area contributed by atoms with Crippen LogP contribution in [-0.2, 0) is 11.2 Å². The number of hydrogen-bond acceptors (Lipinski definition) is 2. The van der Waals surface area contributed by atoms with Crippen LogP contribution in [0.15, 0.2) is 18.2 Å².